The minimum atomic E-state index is 0.665. The molecule has 1 aliphatic heterocycles. The summed E-state index contributed by atoms with van der Waals surface area (Å²) in [5.74, 6) is 1.17. The third-order valence-electron chi connectivity index (χ3n) is 3.76. The van der Waals surface area contributed by atoms with Gasteiger partial charge in [-0.2, -0.15) is 0 Å². The number of hydrogen-bond acceptors (Lipinski definition) is 3. The number of rotatable bonds is 4. The number of aromatic nitrogens is 1. The molecule has 0 radical (unpaired) electrons. The van der Waals surface area contributed by atoms with Gasteiger partial charge in [-0.1, -0.05) is 0 Å². The van der Waals surface area contributed by atoms with Crippen LogP contribution in [0.3, 0.4) is 0 Å². The number of pyridine rings is 1. The van der Waals surface area contributed by atoms with Gasteiger partial charge < -0.3 is 10.2 Å². The highest BCUT2D eigenvalue weighted by atomic mass is 15.2. The van der Waals surface area contributed by atoms with Gasteiger partial charge in [0.1, 0.15) is 5.82 Å². The Morgan fingerprint density at radius 2 is 2.29 bits per heavy atom. The van der Waals surface area contributed by atoms with E-state index in [9.17, 15) is 0 Å². The number of nitrogens with zero attached hydrogens (tertiary/aromatic N) is 2. The Morgan fingerprint density at radius 1 is 1.41 bits per heavy atom. The van der Waals surface area contributed by atoms with E-state index in [1.54, 1.807) is 0 Å². The zero-order chi connectivity index (χ0) is 11.7. The van der Waals surface area contributed by atoms with Crippen LogP contribution >= 0.6 is 0 Å². The summed E-state index contributed by atoms with van der Waals surface area (Å²) in [6.45, 7) is 4.45. The average molecular weight is 231 g/mol. The third kappa shape index (κ3) is 2.60. The van der Waals surface area contributed by atoms with Gasteiger partial charge in [-0.25, -0.2) is 4.98 Å². The summed E-state index contributed by atoms with van der Waals surface area (Å²) in [6.07, 6.45) is 7.24. The van der Waals surface area contributed by atoms with Crippen LogP contribution in [0, 0.1) is 6.92 Å². The van der Waals surface area contributed by atoms with Gasteiger partial charge in [-0.05, 0) is 56.8 Å². The number of hydrogen-bond donors (Lipinski definition) is 1. The van der Waals surface area contributed by atoms with Gasteiger partial charge in [0.2, 0.25) is 0 Å². The van der Waals surface area contributed by atoms with Crippen molar-refractivity contribution in [1.29, 1.82) is 0 Å². The van der Waals surface area contributed by atoms with Gasteiger partial charge in [0.05, 0.1) is 0 Å². The van der Waals surface area contributed by atoms with Crippen LogP contribution < -0.4 is 10.2 Å². The molecule has 2 fully saturated rings. The van der Waals surface area contributed by atoms with Crippen molar-refractivity contribution in [3.8, 4) is 0 Å². The predicted molar refractivity (Wildman–Crippen MR) is 70.4 cm³/mol. The van der Waals surface area contributed by atoms with Crippen molar-refractivity contribution in [3.05, 3.63) is 23.9 Å². The molecule has 92 valence electrons. The highest BCUT2D eigenvalue weighted by Crippen LogP contribution is 2.31. The molecule has 1 saturated heterocycles. The van der Waals surface area contributed by atoms with Crippen LogP contribution in [-0.4, -0.2) is 30.2 Å². The Bertz CT molecular complexity index is 381. The van der Waals surface area contributed by atoms with Crippen molar-refractivity contribution >= 4 is 5.82 Å². The van der Waals surface area contributed by atoms with Crippen LogP contribution in [0.2, 0.25) is 0 Å². The van der Waals surface area contributed by atoms with Crippen LogP contribution in [0.1, 0.15) is 31.2 Å². The minimum Gasteiger partial charge on any atom is -0.352 e. The first kappa shape index (κ1) is 11.0. The first-order valence-corrected chi connectivity index (χ1v) is 6.75. The highest BCUT2D eigenvalue weighted by molar-refractivity contribution is 5.43. The van der Waals surface area contributed by atoms with Crippen molar-refractivity contribution in [2.45, 2.75) is 44.7 Å². The molecule has 1 N–H and O–H groups in total. The molecule has 17 heavy (non-hydrogen) atoms. The van der Waals surface area contributed by atoms with E-state index in [1.165, 1.54) is 43.6 Å². The molecule has 3 nitrogen and oxygen atoms in total. The van der Waals surface area contributed by atoms with E-state index in [0.29, 0.717) is 6.04 Å². The molecule has 1 atom stereocenters. The van der Waals surface area contributed by atoms with E-state index in [-0.39, 0.29) is 0 Å². The molecular weight excluding hydrogens is 210 g/mol. The van der Waals surface area contributed by atoms with Crippen LogP contribution in [-0.2, 0) is 0 Å². The van der Waals surface area contributed by atoms with Crippen molar-refractivity contribution in [2.24, 2.45) is 0 Å². The molecular formula is C14H21N3. The predicted octanol–water partition coefficient (Wildman–Crippen LogP) is 2.11. The molecule has 3 rings (SSSR count). The van der Waals surface area contributed by atoms with Gasteiger partial charge in [0.15, 0.2) is 0 Å². The van der Waals surface area contributed by atoms with Crippen molar-refractivity contribution < 1.29 is 0 Å². The molecule has 0 spiro atoms. The SMILES string of the molecule is Cc1ccnc(N(CC2CCCN2)C2CC2)c1. The monoisotopic (exact) mass is 231 g/mol. The normalized spacial score (nSPS) is 23.9. The average Bonchev–Trinajstić information content (AvgIpc) is 3.03. The van der Waals surface area contributed by atoms with Crippen LogP contribution in [0.25, 0.3) is 0 Å². The largest absolute Gasteiger partial charge is 0.352 e. The standard InChI is InChI=1S/C14H21N3/c1-11-6-8-16-14(9-11)17(13-4-5-13)10-12-3-2-7-15-12/h6,8-9,12-13,15H,2-5,7,10H2,1H3. The fourth-order valence-electron chi connectivity index (χ4n) is 2.64. The lowest BCUT2D eigenvalue weighted by Crippen LogP contribution is -2.39. The minimum absolute atomic E-state index is 0.665. The lowest BCUT2D eigenvalue weighted by Gasteiger charge is -2.27. The zero-order valence-corrected chi connectivity index (χ0v) is 10.5. The quantitative estimate of drug-likeness (QED) is 0.860. The Hall–Kier alpha value is -1.09. The maximum Gasteiger partial charge on any atom is 0.129 e. The molecule has 1 saturated carbocycles. The van der Waals surface area contributed by atoms with Crippen molar-refractivity contribution in [3.63, 3.8) is 0 Å². The Morgan fingerprint density at radius 3 is 2.94 bits per heavy atom. The molecule has 2 aliphatic rings. The lowest BCUT2D eigenvalue weighted by molar-refractivity contribution is 0.575. The summed E-state index contributed by atoms with van der Waals surface area (Å²) in [4.78, 5) is 7.05. The second-order valence-electron chi connectivity index (χ2n) is 5.37. The molecule has 0 amide bonds. The summed E-state index contributed by atoms with van der Waals surface area (Å²) in [5.41, 5.74) is 1.31. The summed E-state index contributed by atoms with van der Waals surface area (Å²) in [6, 6.07) is 5.69. The Kier molecular flexibility index (Phi) is 3.02. The fraction of sp³-hybridized carbons (Fsp3) is 0.643. The number of anilines is 1. The third-order valence-corrected chi connectivity index (χ3v) is 3.76. The van der Waals surface area contributed by atoms with Crippen LogP contribution in [0.5, 0.6) is 0 Å². The topological polar surface area (TPSA) is 28.2 Å². The zero-order valence-electron chi connectivity index (χ0n) is 10.5. The molecule has 0 bridgehead atoms. The molecule has 1 aromatic heterocycles. The maximum absolute atomic E-state index is 4.54. The first-order chi connectivity index (χ1) is 8.33. The van der Waals surface area contributed by atoms with Crippen LogP contribution in [0.4, 0.5) is 5.82 Å². The summed E-state index contributed by atoms with van der Waals surface area (Å²) in [7, 11) is 0. The van der Waals surface area contributed by atoms with Gasteiger partial charge in [0, 0.05) is 24.8 Å². The van der Waals surface area contributed by atoms with Gasteiger partial charge in [0.25, 0.3) is 0 Å². The molecule has 1 aromatic rings. The maximum atomic E-state index is 4.54. The molecule has 1 unspecified atom stereocenters. The molecule has 0 aromatic carbocycles. The molecule has 3 heteroatoms. The first-order valence-electron chi connectivity index (χ1n) is 6.75. The smallest absolute Gasteiger partial charge is 0.129 e. The van der Waals surface area contributed by atoms with Crippen molar-refractivity contribution in [1.82, 2.24) is 10.3 Å². The van der Waals surface area contributed by atoms with Gasteiger partial charge in [-0.3, -0.25) is 0 Å². The van der Waals surface area contributed by atoms with E-state index in [1.807, 2.05) is 6.20 Å². The second-order valence-corrected chi connectivity index (χ2v) is 5.37. The van der Waals surface area contributed by atoms with E-state index in [4.69, 9.17) is 0 Å². The van der Waals surface area contributed by atoms with Gasteiger partial charge in [-0.15, -0.1) is 0 Å². The van der Waals surface area contributed by atoms with Crippen molar-refractivity contribution in [2.75, 3.05) is 18.0 Å². The van der Waals surface area contributed by atoms with E-state index >= 15 is 0 Å². The molecule has 1 aliphatic carbocycles. The summed E-state index contributed by atoms with van der Waals surface area (Å²) in [5, 5.41) is 3.58. The number of aryl methyl sites for hydroxylation is 1. The Labute approximate surface area is 103 Å². The highest BCUT2D eigenvalue weighted by Gasteiger charge is 2.32. The Balaban J connectivity index is 1.74. The summed E-state index contributed by atoms with van der Waals surface area (Å²) >= 11 is 0. The van der Waals surface area contributed by atoms with E-state index in [0.717, 1.165) is 12.6 Å². The lowest BCUT2D eigenvalue weighted by atomic mass is 10.2. The fourth-order valence-corrected chi connectivity index (χ4v) is 2.64. The van der Waals surface area contributed by atoms with Gasteiger partial charge >= 0.3 is 0 Å². The van der Waals surface area contributed by atoms with E-state index in [2.05, 4.69) is 34.3 Å². The van der Waals surface area contributed by atoms with Crippen LogP contribution in [0.15, 0.2) is 18.3 Å². The second kappa shape index (κ2) is 4.65. The molecule has 2 heterocycles. The van der Waals surface area contributed by atoms with E-state index < -0.39 is 0 Å². The summed E-state index contributed by atoms with van der Waals surface area (Å²) < 4.78 is 0. The number of nitrogens with one attached hydrogen (secondary N) is 1.